The molecule has 4 heteroatoms. The van der Waals surface area contributed by atoms with E-state index >= 15 is 0 Å². The van der Waals surface area contributed by atoms with Crippen LogP contribution in [0.4, 0.5) is 0 Å². The predicted molar refractivity (Wildman–Crippen MR) is 60.1 cm³/mol. The normalized spacial score (nSPS) is 10.1. The largest absolute Gasteiger partial charge is 0.359 e. The molecule has 76 valence electrons. The maximum Gasteiger partial charge on any atom is 0.189 e. The average Bonchev–Trinajstić information content (AvgIpc) is 2.81. The Bertz CT molecular complexity index is 425. The lowest BCUT2D eigenvalue weighted by atomic mass is 10.3. The number of aromatic nitrogens is 2. The quantitative estimate of drug-likeness (QED) is 0.633. The van der Waals surface area contributed by atoms with Crippen molar-refractivity contribution in [2.24, 2.45) is 0 Å². The highest BCUT2D eigenvalue weighted by molar-refractivity contribution is 8.00. The van der Waals surface area contributed by atoms with Gasteiger partial charge >= 0.3 is 0 Å². The van der Waals surface area contributed by atoms with Crippen molar-refractivity contribution in [1.82, 2.24) is 9.97 Å². The molecule has 15 heavy (non-hydrogen) atoms. The summed E-state index contributed by atoms with van der Waals surface area (Å²) in [5, 5.41) is 0. The van der Waals surface area contributed by atoms with E-state index < -0.39 is 0 Å². The highest BCUT2D eigenvalue weighted by atomic mass is 32.2. The number of rotatable bonds is 4. The number of H-pyrrole nitrogens is 1. The van der Waals surface area contributed by atoms with Crippen LogP contribution in [0.25, 0.3) is 0 Å². The van der Waals surface area contributed by atoms with E-state index in [4.69, 9.17) is 0 Å². The number of Topliss-reactive ketones (excluding diaryl/α,β-unsaturated/α-hetero) is 1. The van der Waals surface area contributed by atoms with E-state index in [1.807, 2.05) is 18.2 Å². The van der Waals surface area contributed by atoms with Crippen molar-refractivity contribution in [3.63, 3.8) is 0 Å². The maximum atomic E-state index is 11.6. The summed E-state index contributed by atoms with van der Waals surface area (Å²) in [5.41, 5.74) is 0.663. The fourth-order valence-electron chi connectivity index (χ4n) is 1.16. The second-order valence-electron chi connectivity index (χ2n) is 2.98. The first-order valence-electron chi connectivity index (χ1n) is 4.55. The lowest BCUT2D eigenvalue weighted by Gasteiger charge is -1.98. The molecular weight excluding hydrogens is 208 g/mol. The molecule has 0 spiro atoms. The standard InChI is InChI=1S/C11H10N2OS/c14-11(10-2-1-5-13-10)8-15-9-3-6-12-7-4-9/h1-7,13H,8H2. The fourth-order valence-corrected chi connectivity index (χ4v) is 1.93. The van der Waals surface area contributed by atoms with Crippen LogP contribution in [0.15, 0.2) is 47.8 Å². The number of nitrogens with zero attached hydrogens (tertiary/aromatic N) is 1. The van der Waals surface area contributed by atoms with Crippen molar-refractivity contribution in [2.75, 3.05) is 5.75 Å². The second-order valence-corrected chi connectivity index (χ2v) is 4.03. The van der Waals surface area contributed by atoms with Crippen LogP contribution in [0.5, 0.6) is 0 Å². The molecular formula is C11H10N2OS. The summed E-state index contributed by atoms with van der Waals surface area (Å²) in [6, 6.07) is 7.40. The van der Waals surface area contributed by atoms with E-state index in [1.165, 1.54) is 11.8 Å². The van der Waals surface area contributed by atoms with E-state index in [0.717, 1.165) is 4.90 Å². The Kier molecular flexibility index (Phi) is 3.19. The van der Waals surface area contributed by atoms with Gasteiger partial charge in [0, 0.05) is 23.5 Å². The van der Waals surface area contributed by atoms with E-state index in [9.17, 15) is 4.79 Å². The number of hydrogen-bond donors (Lipinski definition) is 1. The van der Waals surface area contributed by atoms with Gasteiger partial charge in [0.1, 0.15) is 0 Å². The molecule has 2 aromatic heterocycles. The monoisotopic (exact) mass is 218 g/mol. The minimum atomic E-state index is 0.113. The van der Waals surface area contributed by atoms with Gasteiger partial charge in [0.2, 0.25) is 0 Å². The number of carbonyl (C=O) groups is 1. The van der Waals surface area contributed by atoms with Crippen LogP contribution in [0.2, 0.25) is 0 Å². The molecule has 0 saturated carbocycles. The zero-order valence-corrected chi connectivity index (χ0v) is 8.83. The number of ketones is 1. The fraction of sp³-hybridized carbons (Fsp3) is 0.0909. The van der Waals surface area contributed by atoms with E-state index in [-0.39, 0.29) is 5.78 Å². The summed E-state index contributed by atoms with van der Waals surface area (Å²) >= 11 is 1.52. The molecule has 2 heterocycles. The summed E-state index contributed by atoms with van der Waals surface area (Å²) in [7, 11) is 0. The molecule has 0 aromatic carbocycles. The Hall–Kier alpha value is -1.55. The zero-order chi connectivity index (χ0) is 10.5. The minimum Gasteiger partial charge on any atom is -0.359 e. The van der Waals surface area contributed by atoms with Crippen molar-refractivity contribution < 1.29 is 4.79 Å². The summed E-state index contributed by atoms with van der Waals surface area (Å²) in [6.07, 6.45) is 5.20. The molecule has 0 atom stereocenters. The number of pyridine rings is 1. The van der Waals surface area contributed by atoms with E-state index in [1.54, 1.807) is 24.7 Å². The molecule has 0 aliphatic rings. The number of thioether (sulfide) groups is 1. The third-order valence-electron chi connectivity index (χ3n) is 1.92. The van der Waals surface area contributed by atoms with Crippen LogP contribution in [0.1, 0.15) is 10.5 Å². The molecule has 2 rings (SSSR count). The lowest BCUT2D eigenvalue weighted by molar-refractivity contribution is 0.101. The number of hydrogen-bond acceptors (Lipinski definition) is 3. The minimum absolute atomic E-state index is 0.113. The lowest BCUT2D eigenvalue weighted by Crippen LogP contribution is -2.02. The van der Waals surface area contributed by atoms with Gasteiger partial charge in [-0.25, -0.2) is 0 Å². The Balaban J connectivity index is 1.92. The highest BCUT2D eigenvalue weighted by Crippen LogP contribution is 2.17. The third-order valence-corrected chi connectivity index (χ3v) is 2.93. The van der Waals surface area contributed by atoms with Crippen LogP contribution < -0.4 is 0 Å². The maximum absolute atomic E-state index is 11.6. The van der Waals surface area contributed by atoms with Gasteiger partial charge in [-0.05, 0) is 24.3 Å². The van der Waals surface area contributed by atoms with Gasteiger partial charge in [-0.2, -0.15) is 0 Å². The molecule has 0 unspecified atom stereocenters. The smallest absolute Gasteiger partial charge is 0.189 e. The molecule has 0 bridgehead atoms. The molecule has 2 aromatic rings. The zero-order valence-electron chi connectivity index (χ0n) is 8.01. The van der Waals surface area contributed by atoms with Crippen molar-refractivity contribution in [3.8, 4) is 0 Å². The van der Waals surface area contributed by atoms with Gasteiger partial charge in [0.05, 0.1) is 11.4 Å². The van der Waals surface area contributed by atoms with Crippen molar-refractivity contribution in [1.29, 1.82) is 0 Å². The summed E-state index contributed by atoms with van der Waals surface area (Å²) in [4.78, 5) is 19.5. The molecule has 0 fully saturated rings. The Morgan fingerprint density at radius 3 is 2.80 bits per heavy atom. The van der Waals surface area contributed by atoms with E-state index in [0.29, 0.717) is 11.4 Å². The molecule has 0 amide bonds. The van der Waals surface area contributed by atoms with Crippen LogP contribution in [0.3, 0.4) is 0 Å². The Morgan fingerprint density at radius 1 is 1.33 bits per heavy atom. The average molecular weight is 218 g/mol. The van der Waals surface area contributed by atoms with Crippen LogP contribution in [0, 0.1) is 0 Å². The van der Waals surface area contributed by atoms with Gasteiger partial charge in [-0.1, -0.05) is 0 Å². The summed E-state index contributed by atoms with van der Waals surface area (Å²) in [6.45, 7) is 0. The molecule has 0 aliphatic heterocycles. The summed E-state index contributed by atoms with van der Waals surface area (Å²) in [5.74, 6) is 0.562. The molecule has 1 N–H and O–H groups in total. The Morgan fingerprint density at radius 2 is 2.13 bits per heavy atom. The van der Waals surface area contributed by atoms with Gasteiger partial charge in [-0.15, -0.1) is 11.8 Å². The number of nitrogens with one attached hydrogen (secondary N) is 1. The number of aromatic amines is 1. The molecule has 0 aliphatic carbocycles. The number of carbonyl (C=O) groups excluding carboxylic acids is 1. The van der Waals surface area contributed by atoms with Crippen LogP contribution in [-0.2, 0) is 0 Å². The van der Waals surface area contributed by atoms with Gasteiger partial charge < -0.3 is 4.98 Å². The first kappa shape index (κ1) is 9.98. The predicted octanol–water partition coefficient (Wildman–Crippen LogP) is 2.38. The molecule has 0 radical (unpaired) electrons. The molecule has 0 saturated heterocycles. The first-order valence-corrected chi connectivity index (χ1v) is 5.54. The van der Waals surface area contributed by atoms with Gasteiger partial charge in [0.15, 0.2) is 5.78 Å². The van der Waals surface area contributed by atoms with Gasteiger partial charge in [0.25, 0.3) is 0 Å². The highest BCUT2D eigenvalue weighted by Gasteiger charge is 2.06. The van der Waals surface area contributed by atoms with Crippen molar-refractivity contribution in [3.05, 3.63) is 48.5 Å². The van der Waals surface area contributed by atoms with Crippen LogP contribution >= 0.6 is 11.8 Å². The second kappa shape index (κ2) is 4.79. The third kappa shape index (κ3) is 2.70. The first-order chi connectivity index (χ1) is 7.36. The van der Waals surface area contributed by atoms with Crippen molar-refractivity contribution >= 4 is 17.5 Å². The van der Waals surface area contributed by atoms with Crippen molar-refractivity contribution in [2.45, 2.75) is 4.90 Å². The summed E-state index contributed by atoms with van der Waals surface area (Å²) < 4.78 is 0. The van der Waals surface area contributed by atoms with Crippen LogP contribution in [-0.4, -0.2) is 21.5 Å². The van der Waals surface area contributed by atoms with E-state index in [2.05, 4.69) is 9.97 Å². The van der Waals surface area contributed by atoms with Gasteiger partial charge in [-0.3, -0.25) is 9.78 Å². The SMILES string of the molecule is O=C(CSc1ccncc1)c1ccc[nH]1. The molecule has 3 nitrogen and oxygen atoms in total. The topological polar surface area (TPSA) is 45.8 Å². The Labute approximate surface area is 91.9 Å².